The van der Waals surface area contributed by atoms with Crippen LogP contribution in [0, 0.1) is 0 Å². The van der Waals surface area contributed by atoms with E-state index in [0.29, 0.717) is 12.8 Å². The second kappa shape index (κ2) is 35.2. The lowest BCUT2D eigenvalue weighted by Crippen LogP contribution is -2.61. The van der Waals surface area contributed by atoms with E-state index in [4.69, 9.17) is 28.4 Å². The number of carbonyl (C=O) groups is 2. The Morgan fingerprint density at radius 2 is 1.00 bits per heavy atom. The number of allylic oxidation sites excluding steroid dienone is 12. The molecule has 2 saturated heterocycles. The molecule has 360 valence electrons. The first kappa shape index (κ1) is 56.1. The molecular weight excluding hydrogens is 817 g/mol. The first-order valence-corrected chi connectivity index (χ1v) is 23.0. The summed E-state index contributed by atoms with van der Waals surface area (Å²) in [4.78, 5) is 25.5. The number of aliphatic hydroxyl groups excluding tert-OH is 7. The third-order valence-electron chi connectivity index (χ3n) is 10.5. The van der Waals surface area contributed by atoms with Crippen molar-refractivity contribution in [1.82, 2.24) is 0 Å². The molecule has 0 aromatic carbocycles. The normalized spacial score (nSPS) is 27.5. The van der Waals surface area contributed by atoms with Crippen molar-refractivity contribution in [1.29, 1.82) is 0 Å². The van der Waals surface area contributed by atoms with Crippen molar-refractivity contribution in [2.75, 3.05) is 26.4 Å². The lowest BCUT2D eigenvalue weighted by Gasteiger charge is -2.42. The molecule has 2 fully saturated rings. The zero-order chi connectivity index (χ0) is 46.1. The maximum Gasteiger partial charge on any atom is 0.306 e. The molecule has 0 aromatic rings. The van der Waals surface area contributed by atoms with Crippen LogP contribution < -0.4 is 0 Å². The molecule has 2 heterocycles. The summed E-state index contributed by atoms with van der Waals surface area (Å²) in [6.07, 6.45) is 22.7. The van der Waals surface area contributed by atoms with Crippen LogP contribution in [0.15, 0.2) is 72.9 Å². The molecule has 0 saturated carbocycles. The Bertz CT molecular complexity index is 1380. The van der Waals surface area contributed by atoms with Gasteiger partial charge >= 0.3 is 11.9 Å². The van der Waals surface area contributed by atoms with Crippen LogP contribution >= 0.6 is 0 Å². The van der Waals surface area contributed by atoms with E-state index in [1.807, 2.05) is 12.2 Å². The van der Waals surface area contributed by atoms with E-state index in [1.165, 1.54) is 19.3 Å². The molecular formula is C48H78O15. The van der Waals surface area contributed by atoms with Crippen molar-refractivity contribution in [3.05, 3.63) is 72.9 Å². The summed E-state index contributed by atoms with van der Waals surface area (Å²) < 4.78 is 33.3. The van der Waals surface area contributed by atoms with E-state index < -0.39 is 99.3 Å². The van der Waals surface area contributed by atoms with Gasteiger partial charge in [-0.25, -0.2) is 0 Å². The Balaban J connectivity index is 1.85. The molecule has 11 atom stereocenters. The second-order valence-corrected chi connectivity index (χ2v) is 15.9. The fourth-order valence-electron chi connectivity index (χ4n) is 6.65. The predicted octanol–water partition coefficient (Wildman–Crippen LogP) is 5.09. The Kier molecular flexibility index (Phi) is 31.4. The molecule has 0 bridgehead atoms. The van der Waals surface area contributed by atoms with E-state index in [1.54, 1.807) is 0 Å². The number of hydrogen-bond donors (Lipinski definition) is 7. The molecule has 7 N–H and O–H groups in total. The predicted molar refractivity (Wildman–Crippen MR) is 238 cm³/mol. The lowest BCUT2D eigenvalue weighted by molar-refractivity contribution is -0.332. The number of carbonyl (C=O) groups excluding carboxylic acids is 2. The van der Waals surface area contributed by atoms with Gasteiger partial charge in [-0.2, -0.15) is 0 Å². The number of unbranched alkanes of at least 4 members (excludes halogenated alkanes) is 7. The van der Waals surface area contributed by atoms with Crippen molar-refractivity contribution >= 4 is 11.9 Å². The van der Waals surface area contributed by atoms with Gasteiger partial charge in [0.05, 0.1) is 19.8 Å². The van der Waals surface area contributed by atoms with E-state index >= 15 is 0 Å². The highest BCUT2D eigenvalue weighted by molar-refractivity contribution is 5.70. The molecule has 0 aliphatic carbocycles. The summed E-state index contributed by atoms with van der Waals surface area (Å²) in [5, 5.41) is 71.8. The van der Waals surface area contributed by atoms with Crippen molar-refractivity contribution in [3.63, 3.8) is 0 Å². The SMILES string of the molecule is CC/C=C/C/C=C/C/C=C/C/C=C/C/C=C/C/C=C/CCC(=O)OC[C@@H](CO[C@@H]1O[C@H](CO[C@@H]2O[C@H](CO)[C@H](O)C(O)C2O)[C@H](O)C(O)C1O)OC(=O)CCCCCCCCCC. The third-order valence-corrected chi connectivity index (χ3v) is 10.5. The molecule has 15 nitrogen and oxygen atoms in total. The summed E-state index contributed by atoms with van der Waals surface area (Å²) in [5.74, 6) is -1.04. The molecule has 15 heteroatoms. The van der Waals surface area contributed by atoms with Crippen LogP contribution in [0.1, 0.15) is 123 Å². The van der Waals surface area contributed by atoms with Gasteiger partial charge in [0, 0.05) is 12.8 Å². The van der Waals surface area contributed by atoms with Gasteiger partial charge in [-0.15, -0.1) is 0 Å². The van der Waals surface area contributed by atoms with Gasteiger partial charge < -0.3 is 64.2 Å². The van der Waals surface area contributed by atoms with Gasteiger partial charge in [-0.1, -0.05) is 132 Å². The molecule has 2 aliphatic heterocycles. The molecule has 63 heavy (non-hydrogen) atoms. The fourth-order valence-corrected chi connectivity index (χ4v) is 6.65. The average molecular weight is 895 g/mol. The molecule has 0 aromatic heterocycles. The van der Waals surface area contributed by atoms with Crippen LogP contribution in [0.5, 0.6) is 0 Å². The van der Waals surface area contributed by atoms with Gasteiger partial charge in [0.2, 0.25) is 0 Å². The van der Waals surface area contributed by atoms with Crippen molar-refractivity contribution in [3.8, 4) is 0 Å². The standard InChI is InChI=1S/C48H78O15/c1-3-5-7-9-11-13-14-15-16-17-18-19-20-21-22-23-25-26-28-30-39(50)58-33-36(61-40(51)31-29-27-24-12-10-8-6-4-2)34-59-47-46(57)44(55)42(53)38(63-47)35-60-48-45(56)43(54)41(52)37(32-49)62-48/h5,7,11,13,15-16,18-19,21-22,25-26,36-38,41-49,52-57H,3-4,6,8-10,12,14,17,20,23-24,27-35H2,1-2H3/b7-5+,13-11+,16-15+,19-18+,22-21+,26-25+/t36-,37+,38+,41-,42-,43?,44?,45?,46?,47+,48+/m0/s1. The zero-order valence-electron chi connectivity index (χ0n) is 37.5. The highest BCUT2D eigenvalue weighted by Gasteiger charge is 2.47. The van der Waals surface area contributed by atoms with Crippen LogP contribution in [0.3, 0.4) is 0 Å². The lowest BCUT2D eigenvalue weighted by atomic mass is 9.98. The summed E-state index contributed by atoms with van der Waals surface area (Å²) in [7, 11) is 0. The van der Waals surface area contributed by atoms with Gasteiger partial charge in [-0.05, 0) is 51.4 Å². The number of hydrogen-bond acceptors (Lipinski definition) is 15. The highest BCUT2D eigenvalue weighted by atomic mass is 16.7. The van der Waals surface area contributed by atoms with E-state index in [2.05, 4.69) is 74.6 Å². The Morgan fingerprint density at radius 1 is 0.524 bits per heavy atom. The van der Waals surface area contributed by atoms with E-state index in [0.717, 1.165) is 64.2 Å². The van der Waals surface area contributed by atoms with Crippen molar-refractivity contribution in [2.24, 2.45) is 0 Å². The second-order valence-electron chi connectivity index (χ2n) is 15.9. The third kappa shape index (κ3) is 24.2. The smallest absolute Gasteiger partial charge is 0.306 e. The van der Waals surface area contributed by atoms with Crippen molar-refractivity contribution in [2.45, 2.75) is 191 Å². The Hall–Kier alpha value is -3.06. The minimum absolute atomic E-state index is 0.0899. The number of rotatable bonds is 33. The van der Waals surface area contributed by atoms with Gasteiger partial charge in [-0.3, -0.25) is 9.59 Å². The largest absolute Gasteiger partial charge is 0.462 e. The molecule has 2 rings (SSSR count). The fraction of sp³-hybridized carbons (Fsp3) is 0.708. The van der Waals surface area contributed by atoms with E-state index in [-0.39, 0.29) is 19.4 Å². The monoisotopic (exact) mass is 895 g/mol. The number of esters is 2. The minimum Gasteiger partial charge on any atom is -0.462 e. The number of aliphatic hydroxyl groups is 7. The van der Waals surface area contributed by atoms with Crippen LogP contribution in [-0.2, 0) is 38.0 Å². The first-order valence-electron chi connectivity index (χ1n) is 23.0. The summed E-state index contributed by atoms with van der Waals surface area (Å²) in [6.45, 7) is 2.32. The van der Waals surface area contributed by atoms with Crippen LogP contribution in [0.4, 0.5) is 0 Å². The van der Waals surface area contributed by atoms with Crippen LogP contribution in [0.25, 0.3) is 0 Å². The molecule has 4 unspecified atom stereocenters. The van der Waals surface area contributed by atoms with Gasteiger partial charge in [0.25, 0.3) is 0 Å². The Morgan fingerprint density at radius 3 is 1.54 bits per heavy atom. The van der Waals surface area contributed by atoms with E-state index in [9.17, 15) is 45.3 Å². The quantitative estimate of drug-likeness (QED) is 0.0259. The van der Waals surface area contributed by atoms with Crippen LogP contribution in [0.2, 0.25) is 0 Å². The molecule has 0 radical (unpaired) electrons. The maximum atomic E-state index is 12.9. The summed E-state index contributed by atoms with van der Waals surface area (Å²) in [6, 6.07) is 0. The first-order chi connectivity index (χ1) is 30.5. The molecule has 0 amide bonds. The summed E-state index contributed by atoms with van der Waals surface area (Å²) >= 11 is 0. The topological polar surface area (TPSA) is 231 Å². The molecule has 2 aliphatic rings. The Labute approximate surface area is 374 Å². The average Bonchev–Trinajstić information content (AvgIpc) is 3.28. The van der Waals surface area contributed by atoms with Crippen LogP contribution in [-0.4, -0.2) is 142 Å². The molecule has 0 spiro atoms. The minimum atomic E-state index is -1.78. The van der Waals surface area contributed by atoms with Gasteiger partial charge in [0.15, 0.2) is 18.7 Å². The number of ether oxygens (including phenoxy) is 6. The highest BCUT2D eigenvalue weighted by Crippen LogP contribution is 2.26. The maximum absolute atomic E-state index is 12.9. The van der Waals surface area contributed by atoms with Crippen molar-refractivity contribution < 1.29 is 73.8 Å². The zero-order valence-corrected chi connectivity index (χ0v) is 37.5. The summed E-state index contributed by atoms with van der Waals surface area (Å²) in [5.41, 5.74) is 0. The van der Waals surface area contributed by atoms with Gasteiger partial charge in [0.1, 0.15) is 55.4 Å².